The Hall–Kier alpha value is -2.47. The molecule has 0 aliphatic heterocycles. The first-order chi connectivity index (χ1) is 11.5. The quantitative estimate of drug-likeness (QED) is 0.843. The highest BCUT2D eigenvalue weighted by atomic mass is 19.1. The standard InChI is InChI=1S/C18H20F2N2O2/c1-22(12-13-7-8-14(19)11-15(13)20)10-9-18(23)21-16-5-3-4-6-17(16)24-2/h3-8,11H,9-10,12H2,1-2H3,(H,21,23). The molecule has 1 amide bonds. The van der Waals surface area contributed by atoms with E-state index >= 15 is 0 Å². The molecule has 4 nitrogen and oxygen atoms in total. The van der Waals surface area contributed by atoms with Crippen LogP contribution in [0.15, 0.2) is 42.5 Å². The van der Waals surface area contributed by atoms with Crippen LogP contribution < -0.4 is 10.1 Å². The zero-order valence-corrected chi connectivity index (χ0v) is 13.7. The van der Waals surface area contributed by atoms with Crippen LogP contribution in [0, 0.1) is 11.6 Å². The lowest BCUT2D eigenvalue weighted by Gasteiger charge is -2.17. The number of methoxy groups -OCH3 is 1. The van der Waals surface area contributed by atoms with Gasteiger partial charge in [-0.3, -0.25) is 4.79 Å². The number of benzene rings is 2. The summed E-state index contributed by atoms with van der Waals surface area (Å²) in [5, 5.41) is 2.79. The largest absolute Gasteiger partial charge is 0.495 e. The highest BCUT2D eigenvalue weighted by molar-refractivity contribution is 5.92. The summed E-state index contributed by atoms with van der Waals surface area (Å²) in [7, 11) is 3.31. The van der Waals surface area contributed by atoms with Crippen molar-refractivity contribution < 1.29 is 18.3 Å². The highest BCUT2D eigenvalue weighted by Gasteiger charge is 2.10. The van der Waals surface area contributed by atoms with Crippen LogP contribution in [0.3, 0.4) is 0 Å². The first-order valence-corrected chi connectivity index (χ1v) is 7.55. The molecule has 0 radical (unpaired) electrons. The van der Waals surface area contributed by atoms with Gasteiger partial charge in [0.2, 0.25) is 5.91 Å². The Labute approximate surface area is 140 Å². The van der Waals surface area contributed by atoms with Crippen molar-refractivity contribution in [3.63, 3.8) is 0 Å². The van der Waals surface area contributed by atoms with E-state index in [1.54, 1.807) is 24.1 Å². The van der Waals surface area contributed by atoms with Crippen LogP contribution in [-0.2, 0) is 11.3 Å². The van der Waals surface area contributed by atoms with Crippen molar-refractivity contribution in [2.45, 2.75) is 13.0 Å². The number of rotatable bonds is 7. The molecule has 0 fully saturated rings. The molecule has 0 aromatic heterocycles. The predicted octanol–water partition coefficient (Wildman–Crippen LogP) is 3.43. The summed E-state index contributed by atoms with van der Waals surface area (Å²) in [6.45, 7) is 0.742. The SMILES string of the molecule is COc1ccccc1NC(=O)CCN(C)Cc1ccc(F)cc1F. The van der Waals surface area contributed by atoms with E-state index in [-0.39, 0.29) is 12.3 Å². The van der Waals surface area contributed by atoms with Crippen molar-refractivity contribution in [3.05, 3.63) is 59.7 Å². The molecule has 128 valence electrons. The second-order valence-corrected chi connectivity index (χ2v) is 5.47. The fourth-order valence-electron chi connectivity index (χ4n) is 2.27. The zero-order valence-electron chi connectivity index (χ0n) is 13.7. The number of carbonyl (C=O) groups excluding carboxylic acids is 1. The van der Waals surface area contributed by atoms with Crippen LogP contribution in [0.4, 0.5) is 14.5 Å². The van der Waals surface area contributed by atoms with Gasteiger partial charge < -0.3 is 15.0 Å². The van der Waals surface area contributed by atoms with Gasteiger partial charge in [0.15, 0.2) is 0 Å². The average Bonchev–Trinajstić information content (AvgIpc) is 2.56. The van der Waals surface area contributed by atoms with E-state index in [2.05, 4.69) is 5.32 Å². The third-order valence-corrected chi connectivity index (χ3v) is 3.56. The number of halogens is 2. The average molecular weight is 334 g/mol. The number of amides is 1. The molecule has 6 heteroatoms. The number of carbonyl (C=O) groups is 1. The number of hydrogen-bond acceptors (Lipinski definition) is 3. The van der Waals surface area contributed by atoms with Crippen LogP contribution >= 0.6 is 0 Å². The Kier molecular flexibility index (Phi) is 6.26. The van der Waals surface area contributed by atoms with Gasteiger partial charge in [0.25, 0.3) is 0 Å². The van der Waals surface area contributed by atoms with Gasteiger partial charge in [0, 0.05) is 31.1 Å². The maximum absolute atomic E-state index is 13.6. The molecule has 0 spiro atoms. The third kappa shape index (κ3) is 5.03. The molecular formula is C18H20F2N2O2. The Balaban J connectivity index is 1.84. The molecular weight excluding hydrogens is 314 g/mol. The van der Waals surface area contributed by atoms with Gasteiger partial charge >= 0.3 is 0 Å². The molecule has 0 aliphatic carbocycles. The molecule has 0 saturated heterocycles. The first-order valence-electron chi connectivity index (χ1n) is 7.55. The minimum atomic E-state index is -0.602. The molecule has 0 aliphatic rings. The van der Waals surface area contributed by atoms with Gasteiger partial charge in [-0.1, -0.05) is 18.2 Å². The summed E-state index contributed by atoms with van der Waals surface area (Å²) in [4.78, 5) is 13.8. The number of anilines is 1. The normalized spacial score (nSPS) is 10.7. The summed E-state index contributed by atoms with van der Waals surface area (Å²) in [6.07, 6.45) is 0.247. The summed E-state index contributed by atoms with van der Waals surface area (Å²) < 4.78 is 31.7. The van der Waals surface area contributed by atoms with Gasteiger partial charge in [-0.15, -0.1) is 0 Å². The zero-order chi connectivity index (χ0) is 17.5. The number of nitrogens with zero attached hydrogens (tertiary/aromatic N) is 1. The van der Waals surface area contributed by atoms with Gasteiger partial charge in [0.05, 0.1) is 12.8 Å². The van der Waals surface area contributed by atoms with E-state index in [1.807, 2.05) is 12.1 Å². The Bertz CT molecular complexity index is 707. The molecule has 0 heterocycles. The molecule has 0 bridgehead atoms. The lowest BCUT2D eigenvalue weighted by atomic mass is 10.2. The maximum atomic E-state index is 13.6. The minimum absolute atomic E-state index is 0.161. The topological polar surface area (TPSA) is 41.6 Å². The second kappa shape index (κ2) is 8.40. The lowest BCUT2D eigenvalue weighted by molar-refractivity contribution is -0.116. The number of hydrogen-bond donors (Lipinski definition) is 1. The van der Waals surface area contributed by atoms with Crippen molar-refractivity contribution in [1.82, 2.24) is 4.90 Å². The number of para-hydroxylation sites is 2. The van der Waals surface area contributed by atoms with Crippen LogP contribution in [0.5, 0.6) is 5.75 Å². The first kappa shape index (κ1) is 17.9. The molecule has 1 N–H and O–H groups in total. The minimum Gasteiger partial charge on any atom is -0.495 e. The smallest absolute Gasteiger partial charge is 0.225 e. The summed E-state index contributed by atoms with van der Waals surface area (Å²) >= 11 is 0. The molecule has 2 rings (SSSR count). The Morgan fingerprint density at radius 3 is 2.67 bits per heavy atom. The molecule has 0 unspecified atom stereocenters. The molecule has 2 aromatic carbocycles. The van der Waals surface area contributed by atoms with E-state index in [9.17, 15) is 13.6 Å². The van der Waals surface area contributed by atoms with Gasteiger partial charge in [-0.05, 0) is 25.2 Å². The van der Waals surface area contributed by atoms with Crippen molar-refractivity contribution in [2.75, 3.05) is 26.0 Å². The van der Waals surface area contributed by atoms with Crippen LogP contribution in [0.2, 0.25) is 0 Å². The van der Waals surface area contributed by atoms with Crippen molar-refractivity contribution in [2.24, 2.45) is 0 Å². The lowest BCUT2D eigenvalue weighted by Crippen LogP contribution is -2.24. The van der Waals surface area contributed by atoms with E-state index < -0.39 is 11.6 Å². The number of nitrogens with one attached hydrogen (secondary N) is 1. The van der Waals surface area contributed by atoms with Gasteiger partial charge in [0.1, 0.15) is 17.4 Å². The predicted molar refractivity (Wildman–Crippen MR) is 88.9 cm³/mol. The summed E-state index contributed by atoms with van der Waals surface area (Å²) in [5.41, 5.74) is 1.00. The van der Waals surface area contributed by atoms with Crippen molar-refractivity contribution >= 4 is 11.6 Å². The molecule has 0 atom stereocenters. The number of ether oxygens (including phenoxy) is 1. The van der Waals surface area contributed by atoms with E-state index in [4.69, 9.17) is 4.74 Å². The second-order valence-electron chi connectivity index (χ2n) is 5.47. The third-order valence-electron chi connectivity index (χ3n) is 3.56. The van der Waals surface area contributed by atoms with E-state index in [0.29, 0.717) is 30.1 Å². The monoisotopic (exact) mass is 334 g/mol. The van der Waals surface area contributed by atoms with Crippen molar-refractivity contribution in [1.29, 1.82) is 0 Å². The fourth-order valence-corrected chi connectivity index (χ4v) is 2.27. The summed E-state index contributed by atoms with van der Waals surface area (Å²) in [5.74, 6) is -0.756. The van der Waals surface area contributed by atoms with Crippen LogP contribution in [-0.4, -0.2) is 31.5 Å². The Morgan fingerprint density at radius 1 is 1.21 bits per heavy atom. The molecule has 24 heavy (non-hydrogen) atoms. The van der Waals surface area contributed by atoms with Gasteiger partial charge in [-0.2, -0.15) is 0 Å². The summed E-state index contributed by atoms with van der Waals surface area (Å²) in [6, 6.07) is 10.6. The van der Waals surface area contributed by atoms with E-state index in [1.165, 1.54) is 19.2 Å². The highest BCUT2D eigenvalue weighted by Crippen LogP contribution is 2.23. The fraction of sp³-hybridized carbons (Fsp3) is 0.278. The van der Waals surface area contributed by atoms with Crippen LogP contribution in [0.25, 0.3) is 0 Å². The van der Waals surface area contributed by atoms with Crippen molar-refractivity contribution in [3.8, 4) is 5.75 Å². The van der Waals surface area contributed by atoms with E-state index in [0.717, 1.165) is 6.07 Å². The maximum Gasteiger partial charge on any atom is 0.225 e. The van der Waals surface area contributed by atoms with Crippen LogP contribution in [0.1, 0.15) is 12.0 Å². The Morgan fingerprint density at radius 2 is 1.96 bits per heavy atom. The van der Waals surface area contributed by atoms with Gasteiger partial charge in [-0.25, -0.2) is 8.78 Å². The molecule has 0 saturated carbocycles. The molecule has 2 aromatic rings.